The summed E-state index contributed by atoms with van der Waals surface area (Å²) in [5.41, 5.74) is 22.6. The summed E-state index contributed by atoms with van der Waals surface area (Å²) < 4.78 is 2.42. The van der Waals surface area contributed by atoms with Crippen LogP contribution in [0, 0.1) is 0 Å². The van der Waals surface area contributed by atoms with Crippen molar-refractivity contribution in [3.05, 3.63) is 350 Å². The molecule has 444 valence electrons. The fourth-order valence-corrected chi connectivity index (χ4v) is 14.9. The van der Waals surface area contributed by atoms with Gasteiger partial charge in [0.15, 0.2) is 17.5 Å². The Morgan fingerprint density at radius 2 is 0.705 bits per heavy atom. The fourth-order valence-electron chi connectivity index (χ4n) is 14.9. The van der Waals surface area contributed by atoms with E-state index in [4.69, 9.17) is 15.0 Å². The number of para-hydroxylation sites is 1. The van der Waals surface area contributed by atoms with E-state index in [0.717, 1.165) is 90.6 Å². The van der Waals surface area contributed by atoms with Gasteiger partial charge in [-0.1, -0.05) is 279 Å². The van der Waals surface area contributed by atoms with Crippen molar-refractivity contribution >= 4 is 65.8 Å². The average molecular weight is 1210 g/mol. The first-order chi connectivity index (χ1) is 47.1. The van der Waals surface area contributed by atoms with Gasteiger partial charge in [-0.25, -0.2) is 15.0 Å². The lowest BCUT2D eigenvalue weighted by Gasteiger charge is -2.18. The molecule has 0 saturated heterocycles. The highest BCUT2D eigenvalue weighted by molar-refractivity contribution is 6.14. The van der Waals surface area contributed by atoms with Crippen LogP contribution in [0.2, 0.25) is 0 Å². The number of nitrogens with zero attached hydrogens (tertiary/aromatic N) is 4. The molecule has 0 atom stereocenters. The molecule has 0 saturated carbocycles. The molecule has 95 heavy (non-hydrogen) atoms. The maximum absolute atomic E-state index is 5.22. The standard InChI is InChI=1S/C91H60N4/c1-4-26-62(27-5-1)89-92-90(63-28-6-2-7-29-63)94-91(93-89)83-41-19-18-40-80(83)78-39-17-16-38-75(78)66-47-52-88-86(58-66)85-56-64(46-51-87(85)95(88)70-33-8-3-9-34-70)67-53-68(76-43-21-31-60-24-11-14-36-72(60)76)55-69(54-67)77-49-50-82(79-44-22-32-61-25-12-15-37-73(61)79)84-57-65(45-48-81(77)84)74-42-20-30-59-23-10-13-35-71(59)74/h1-19,21-41,43-58H,20,42H2. The van der Waals surface area contributed by atoms with E-state index >= 15 is 0 Å². The second-order valence-corrected chi connectivity index (χ2v) is 24.8. The van der Waals surface area contributed by atoms with Crippen molar-refractivity contribution in [3.63, 3.8) is 0 Å². The molecular formula is C91H60N4. The molecule has 17 aromatic rings. The topological polar surface area (TPSA) is 43.6 Å². The lowest BCUT2D eigenvalue weighted by molar-refractivity contribution is 1.07. The Bertz CT molecular complexity index is 5960. The van der Waals surface area contributed by atoms with Gasteiger partial charge < -0.3 is 4.57 Å². The van der Waals surface area contributed by atoms with Gasteiger partial charge in [0.1, 0.15) is 0 Å². The van der Waals surface area contributed by atoms with E-state index < -0.39 is 0 Å². The Morgan fingerprint density at radius 3 is 1.40 bits per heavy atom. The summed E-state index contributed by atoms with van der Waals surface area (Å²) in [6, 6.07) is 122. The van der Waals surface area contributed by atoms with Crippen LogP contribution < -0.4 is 10.4 Å². The van der Waals surface area contributed by atoms with Crippen molar-refractivity contribution in [1.29, 1.82) is 0 Å². The van der Waals surface area contributed by atoms with E-state index in [1.54, 1.807) is 0 Å². The van der Waals surface area contributed by atoms with Crippen LogP contribution in [0.3, 0.4) is 0 Å². The van der Waals surface area contributed by atoms with Crippen molar-refractivity contribution in [2.75, 3.05) is 0 Å². The molecule has 0 spiro atoms. The Balaban J connectivity index is 0.830. The molecule has 4 heteroatoms. The Morgan fingerprint density at radius 1 is 0.242 bits per heavy atom. The highest BCUT2D eigenvalue weighted by Gasteiger charge is 2.22. The van der Waals surface area contributed by atoms with E-state index in [1.165, 1.54) is 87.1 Å². The predicted octanol–water partition coefficient (Wildman–Crippen LogP) is 22.2. The van der Waals surface area contributed by atoms with Crippen molar-refractivity contribution < 1.29 is 0 Å². The van der Waals surface area contributed by atoms with Crippen LogP contribution in [-0.2, 0) is 0 Å². The molecule has 2 heterocycles. The molecule has 0 amide bonds. The molecular weight excluding hydrogens is 1150 g/mol. The first-order valence-electron chi connectivity index (χ1n) is 32.8. The van der Waals surface area contributed by atoms with Gasteiger partial charge in [0.05, 0.1) is 11.0 Å². The van der Waals surface area contributed by atoms with E-state index in [0.29, 0.717) is 17.5 Å². The van der Waals surface area contributed by atoms with E-state index in [2.05, 4.69) is 308 Å². The van der Waals surface area contributed by atoms with Crippen molar-refractivity contribution in [2.24, 2.45) is 0 Å². The van der Waals surface area contributed by atoms with E-state index in [-0.39, 0.29) is 0 Å². The van der Waals surface area contributed by atoms with Gasteiger partial charge in [0.25, 0.3) is 0 Å². The summed E-state index contributed by atoms with van der Waals surface area (Å²) >= 11 is 0. The monoisotopic (exact) mass is 1210 g/mol. The van der Waals surface area contributed by atoms with Gasteiger partial charge in [0.2, 0.25) is 0 Å². The molecule has 1 aliphatic rings. The van der Waals surface area contributed by atoms with Crippen LogP contribution in [0.4, 0.5) is 0 Å². The fraction of sp³-hybridized carbons (Fsp3) is 0.0220. The smallest absolute Gasteiger partial charge is 0.164 e. The second kappa shape index (κ2) is 23.4. The molecule has 18 rings (SSSR count). The van der Waals surface area contributed by atoms with Crippen molar-refractivity contribution in [1.82, 2.24) is 19.5 Å². The van der Waals surface area contributed by atoms with Crippen molar-refractivity contribution in [3.8, 4) is 107 Å². The third-order valence-electron chi connectivity index (χ3n) is 19.3. The zero-order chi connectivity index (χ0) is 62.8. The largest absolute Gasteiger partial charge is 0.309 e. The number of hydrogen-bond acceptors (Lipinski definition) is 3. The number of benzene rings is 15. The highest BCUT2D eigenvalue weighted by atomic mass is 15.0. The maximum Gasteiger partial charge on any atom is 0.164 e. The van der Waals surface area contributed by atoms with Gasteiger partial charge >= 0.3 is 0 Å². The zero-order valence-electron chi connectivity index (χ0n) is 52.0. The van der Waals surface area contributed by atoms with Crippen molar-refractivity contribution in [2.45, 2.75) is 12.8 Å². The summed E-state index contributed by atoms with van der Waals surface area (Å²) in [5.74, 6) is 1.87. The maximum atomic E-state index is 5.22. The number of rotatable bonds is 11. The van der Waals surface area contributed by atoms with Crippen LogP contribution in [0.1, 0.15) is 18.4 Å². The van der Waals surface area contributed by atoms with Gasteiger partial charge in [-0.15, -0.1) is 0 Å². The Labute approximate surface area is 551 Å². The average Bonchev–Trinajstić information content (AvgIpc) is 1.73. The number of fused-ring (bicyclic) bond motifs is 7. The molecule has 0 bridgehead atoms. The predicted molar refractivity (Wildman–Crippen MR) is 398 cm³/mol. The van der Waals surface area contributed by atoms with Crippen LogP contribution in [0.5, 0.6) is 0 Å². The SMILES string of the molecule is C1=c2ccccc2=C(c2ccc3c(-c4cc(-c5ccc6c(c5)c5cc(-c7ccccc7-c7ccccc7-c7nc(-c8ccccc8)nc(-c8ccccc8)n7)ccc5n6-c5ccccc5)cc(-c5cccc6ccccc56)c4)ccc(-c4cccc5ccccc45)c3c2)CC1. The van der Waals surface area contributed by atoms with Gasteiger partial charge in [-0.3, -0.25) is 0 Å². The lowest BCUT2D eigenvalue weighted by Crippen LogP contribution is -2.29. The molecule has 2 aromatic heterocycles. The third kappa shape index (κ3) is 9.90. The molecule has 0 unspecified atom stereocenters. The summed E-state index contributed by atoms with van der Waals surface area (Å²) in [6.45, 7) is 0. The molecule has 0 N–H and O–H groups in total. The molecule has 0 fully saturated rings. The Hall–Kier alpha value is -12.4. The minimum absolute atomic E-state index is 0.615. The molecule has 0 aliphatic heterocycles. The van der Waals surface area contributed by atoms with E-state index in [9.17, 15) is 0 Å². The highest BCUT2D eigenvalue weighted by Crippen LogP contribution is 2.46. The first-order valence-corrected chi connectivity index (χ1v) is 32.8. The van der Waals surface area contributed by atoms with Crippen LogP contribution in [0.25, 0.3) is 172 Å². The van der Waals surface area contributed by atoms with E-state index in [1.807, 2.05) is 36.4 Å². The number of aromatic nitrogens is 4. The van der Waals surface area contributed by atoms with Gasteiger partial charge in [-0.05, 0) is 194 Å². The summed E-state index contributed by atoms with van der Waals surface area (Å²) in [6.07, 6.45) is 4.40. The summed E-state index contributed by atoms with van der Waals surface area (Å²) in [5, 5.41) is 12.3. The summed E-state index contributed by atoms with van der Waals surface area (Å²) in [7, 11) is 0. The van der Waals surface area contributed by atoms with Crippen LogP contribution >= 0.6 is 0 Å². The van der Waals surface area contributed by atoms with Gasteiger partial charge in [-0.2, -0.15) is 0 Å². The lowest BCUT2D eigenvalue weighted by atomic mass is 9.85. The molecule has 0 radical (unpaired) electrons. The normalized spacial score (nSPS) is 12.2. The van der Waals surface area contributed by atoms with Crippen LogP contribution in [0.15, 0.2) is 334 Å². The molecule has 15 aromatic carbocycles. The number of hydrogen-bond donors (Lipinski definition) is 0. The molecule has 1 aliphatic carbocycles. The quantitative estimate of drug-likeness (QED) is 0.130. The zero-order valence-corrected chi connectivity index (χ0v) is 52.0. The first kappa shape index (κ1) is 55.5. The second-order valence-electron chi connectivity index (χ2n) is 24.8. The summed E-state index contributed by atoms with van der Waals surface area (Å²) in [4.78, 5) is 15.5. The Kier molecular flexibility index (Phi) is 13.7. The molecule has 4 nitrogen and oxygen atoms in total. The minimum atomic E-state index is 0.615. The van der Waals surface area contributed by atoms with Crippen LogP contribution in [-0.4, -0.2) is 19.5 Å². The minimum Gasteiger partial charge on any atom is -0.309 e. The third-order valence-corrected chi connectivity index (χ3v) is 19.3. The van der Waals surface area contributed by atoms with Gasteiger partial charge in [0, 0.05) is 33.2 Å².